The number of aromatic nitrogens is 3. The summed E-state index contributed by atoms with van der Waals surface area (Å²) in [5.74, 6) is -0.699. The van der Waals surface area contributed by atoms with Crippen LogP contribution in [0.15, 0.2) is 41.1 Å². The Bertz CT molecular complexity index is 991. The van der Waals surface area contributed by atoms with E-state index in [1.807, 2.05) is 0 Å². The van der Waals surface area contributed by atoms with Gasteiger partial charge in [0.25, 0.3) is 0 Å². The molecule has 3 rings (SSSR count). The van der Waals surface area contributed by atoms with E-state index in [0.717, 1.165) is 4.47 Å². The van der Waals surface area contributed by atoms with Crippen LogP contribution >= 0.6 is 39.1 Å². The second-order valence-corrected chi connectivity index (χ2v) is 7.16. The molecule has 0 amide bonds. The van der Waals surface area contributed by atoms with Crippen molar-refractivity contribution in [3.8, 4) is 11.8 Å². The molecule has 6 nitrogen and oxygen atoms in total. The number of nitrogens with zero attached hydrogens (tertiary/aromatic N) is 3. The first-order chi connectivity index (χ1) is 12.3. The third-order valence-corrected chi connectivity index (χ3v) is 4.57. The molecule has 2 aromatic heterocycles. The van der Waals surface area contributed by atoms with E-state index in [9.17, 15) is 9.90 Å². The van der Waals surface area contributed by atoms with Crippen molar-refractivity contribution in [2.24, 2.45) is 0 Å². The highest BCUT2D eigenvalue weighted by Crippen LogP contribution is 2.29. The quantitative estimate of drug-likeness (QED) is 0.571. The number of aryl methyl sites for hydroxylation is 1. The van der Waals surface area contributed by atoms with Crippen molar-refractivity contribution >= 4 is 45.1 Å². The van der Waals surface area contributed by atoms with Gasteiger partial charge in [0.1, 0.15) is 5.75 Å². The van der Waals surface area contributed by atoms with Gasteiger partial charge in [-0.1, -0.05) is 23.2 Å². The lowest BCUT2D eigenvalue weighted by atomic mass is 10.2. The summed E-state index contributed by atoms with van der Waals surface area (Å²) in [6, 6.07) is 6.82. The van der Waals surface area contributed by atoms with E-state index in [4.69, 9.17) is 27.9 Å². The fourth-order valence-corrected chi connectivity index (χ4v) is 3.15. The topological polar surface area (TPSA) is 77.2 Å². The van der Waals surface area contributed by atoms with E-state index in [1.54, 1.807) is 37.4 Å². The second kappa shape index (κ2) is 7.65. The van der Waals surface area contributed by atoms with Gasteiger partial charge in [0.2, 0.25) is 0 Å². The molecule has 0 aliphatic rings. The molecule has 0 aliphatic heterocycles. The summed E-state index contributed by atoms with van der Waals surface area (Å²) in [5, 5.41) is 10.5. The Morgan fingerprint density at radius 3 is 2.77 bits per heavy atom. The number of rotatable bonds is 5. The van der Waals surface area contributed by atoms with Crippen LogP contribution in [0.2, 0.25) is 10.0 Å². The molecular weight excluding hydrogens is 445 g/mol. The number of pyridine rings is 1. The Hall–Kier alpha value is -2.09. The first-order valence-electron chi connectivity index (χ1n) is 7.38. The van der Waals surface area contributed by atoms with Gasteiger partial charge >= 0.3 is 12.0 Å². The fourth-order valence-electron chi connectivity index (χ4n) is 2.43. The average Bonchev–Trinajstić information content (AvgIpc) is 2.86. The number of hydrogen-bond donors (Lipinski definition) is 1. The molecular formula is C17H12BrCl2N3O3. The average molecular weight is 457 g/mol. The van der Waals surface area contributed by atoms with E-state index in [0.29, 0.717) is 27.1 Å². The highest BCUT2D eigenvalue weighted by Gasteiger charge is 2.22. The monoisotopic (exact) mass is 455 g/mol. The molecule has 9 heteroatoms. The molecule has 1 aromatic carbocycles. The molecule has 0 unspecified atom stereocenters. The number of hydrogen-bond acceptors (Lipinski definition) is 4. The number of carbonyl (C=O) groups is 1. The summed E-state index contributed by atoms with van der Waals surface area (Å²) in [6.07, 6.45) is 3.12. The highest BCUT2D eigenvalue weighted by atomic mass is 79.9. The van der Waals surface area contributed by atoms with Crippen LogP contribution < -0.4 is 4.74 Å². The van der Waals surface area contributed by atoms with Crippen molar-refractivity contribution < 1.29 is 14.6 Å². The molecule has 0 saturated carbocycles. The van der Waals surface area contributed by atoms with Gasteiger partial charge in [0.05, 0.1) is 18.4 Å². The van der Waals surface area contributed by atoms with E-state index in [-0.39, 0.29) is 18.2 Å². The molecule has 0 spiro atoms. The zero-order chi connectivity index (χ0) is 18.8. The van der Waals surface area contributed by atoms with Crippen LogP contribution in [0.4, 0.5) is 0 Å². The lowest BCUT2D eigenvalue weighted by molar-refractivity contribution is 0.0683. The van der Waals surface area contributed by atoms with Crippen LogP contribution in [0.25, 0.3) is 0 Å². The number of ether oxygens (including phenoxy) is 1. The van der Waals surface area contributed by atoms with Gasteiger partial charge in [-0.25, -0.2) is 4.79 Å². The molecule has 0 radical (unpaired) electrons. The van der Waals surface area contributed by atoms with Crippen molar-refractivity contribution in [1.82, 2.24) is 14.5 Å². The number of imidazole rings is 1. The number of halogens is 3. The van der Waals surface area contributed by atoms with Crippen LogP contribution in [-0.4, -0.2) is 25.6 Å². The lowest BCUT2D eigenvalue weighted by Gasteiger charge is -2.12. The molecule has 0 atom stereocenters. The Morgan fingerprint density at radius 1 is 1.31 bits per heavy atom. The number of carboxylic acids is 1. The first-order valence-corrected chi connectivity index (χ1v) is 8.93. The maximum Gasteiger partial charge on any atom is 0.354 e. The molecule has 1 N–H and O–H groups in total. The summed E-state index contributed by atoms with van der Waals surface area (Å²) < 4.78 is 7.93. The van der Waals surface area contributed by atoms with Gasteiger partial charge in [-0.3, -0.25) is 9.55 Å². The van der Waals surface area contributed by atoms with Crippen LogP contribution in [-0.2, 0) is 6.54 Å². The minimum Gasteiger partial charge on any atom is -0.477 e. The molecule has 0 fully saturated rings. The largest absolute Gasteiger partial charge is 0.477 e. The van der Waals surface area contributed by atoms with Crippen LogP contribution in [0, 0.1) is 6.92 Å². The summed E-state index contributed by atoms with van der Waals surface area (Å²) in [7, 11) is 0. The standard InChI is InChI=1S/C17H12BrCl2N3O3/c1-9-15(16(24)25)23(8-10-4-12(19)2-3-14(10)20)17(22-9)26-13-5-11(18)6-21-7-13/h2-7H,8H2,1H3,(H,24,25). The SMILES string of the molecule is Cc1nc(Oc2cncc(Br)c2)n(Cc2cc(Cl)ccc2Cl)c1C(=O)O. The Morgan fingerprint density at radius 2 is 2.08 bits per heavy atom. The highest BCUT2D eigenvalue weighted by molar-refractivity contribution is 9.10. The van der Waals surface area contributed by atoms with Gasteiger partial charge in [0, 0.05) is 20.7 Å². The van der Waals surface area contributed by atoms with Crippen molar-refractivity contribution in [1.29, 1.82) is 0 Å². The van der Waals surface area contributed by atoms with Crippen molar-refractivity contribution in [3.05, 3.63) is 68.1 Å². The summed E-state index contributed by atoms with van der Waals surface area (Å²) >= 11 is 15.6. The molecule has 0 saturated heterocycles. The molecule has 0 bridgehead atoms. The molecule has 26 heavy (non-hydrogen) atoms. The van der Waals surface area contributed by atoms with E-state index in [1.165, 1.54) is 10.8 Å². The minimum atomic E-state index is -1.12. The number of carboxylic acid groups (broad SMARTS) is 1. The second-order valence-electron chi connectivity index (χ2n) is 5.40. The summed E-state index contributed by atoms with van der Waals surface area (Å²) in [4.78, 5) is 20.0. The Labute approximate surface area is 167 Å². The minimum absolute atomic E-state index is 0.0130. The third-order valence-electron chi connectivity index (χ3n) is 3.53. The van der Waals surface area contributed by atoms with E-state index < -0.39 is 5.97 Å². The summed E-state index contributed by atoms with van der Waals surface area (Å²) in [5.41, 5.74) is 0.990. The number of aromatic carboxylic acids is 1. The third kappa shape index (κ3) is 4.00. The zero-order valence-electron chi connectivity index (χ0n) is 13.4. The van der Waals surface area contributed by atoms with Crippen LogP contribution in [0.1, 0.15) is 21.7 Å². The van der Waals surface area contributed by atoms with Gasteiger partial charge in [-0.2, -0.15) is 4.98 Å². The molecule has 2 heterocycles. The van der Waals surface area contributed by atoms with E-state index >= 15 is 0 Å². The van der Waals surface area contributed by atoms with E-state index in [2.05, 4.69) is 25.9 Å². The summed E-state index contributed by atoms with van der Waals surface area (Å²) in [6.45, 7) is 1.74. The maximum atomic E-state index is 11.7. The smallest absolute Gasteiger partial charge is 0.354 e. The van der Waals surface area contributed by atoms with Crippen molar-refractivity contribution in [3.63, 3.8) is 0 Å². The number of benzene rings is 1. The molecule has 0 aliphatic carbocycles. The van der Waals surface area contributed by atoms with Crippen molar-refractivity contribution in [2.75, 3.05) is 0 Å². The van der Waals surface area contributed by atoms with Gasteiger partial charge < -0.3 is 9.84 Å². The molecule has 3 aromatic rings. The predicted molar refractivity (Wildman–Crippen MR) is 101 cm³/mol. The van der Waals surface area contributed by atoms with Crippen molar-refractivity contribution in [2.45, 2.75) is 13.5 Å². The predicted octanol–water partition coefficient (Wildman–Crippen LogP) is 5.19. The molecule has 134 valence electrons. The lowest BCUT2D eigenvalue weighted by Crippen LogP contribution is -2.12. The fraction of sp³-hybridized carbons (Fsp3) is 0.118. The van der Waals surface area contributed by atoms with Gasteiger partial charge in [-0.05, 0) is 52.7 Å². The van der Waals surface area contributed by atoms with Gasteiger partial charge in [-0.15, -0.1) is 0 Å². The Balaban J connectivity index is 2.06. The van der Waals surface area contributed by atoms with Crippen LogP contribution in [0.5, 0.6) is 11.8 Å². The normalized spacial score (nSPS) is 10.8. The zero-order valence-corrected chi connectivity index (χ0v) is 16.5. The van der Waals surface area contributed by atoms with Gasteiger partial charge in [0.15, 0.2) is 5.69 Å². The maximum absolute atomic E-state index is 11.7. The Kier molecular flexibility index (Phi) is 5.50. The first kappa shape index (κ1) is 18.7. The van der Waals surface area contributed by atoms with Crippen LogP contribution in [0.3, 0.4) is 0 Å².